The van der Waals surface area contributed by atoms with Gasteiger partial charge in [0.15, 0.2) is 0 Å². The predicted octanol–water partition coefficient (Wildman–Crippen LogP) is 6.13. The van der Waals surface area contributed by atoms with Gasteiger partial charge < -0.3 is 5.11 Å². The minimum absolute atomic E-state index is 0.806. The molecule has 0 unspecified atom stereocenters. The Hall–Kier alpha value is -1.05. The van der Waals surface area contributed by atoms with Crippen LogP contribution in [0, 0.1) is 11.8 Å². The van der Waals surface area contributed by atoms with Crippen molar-refractivity contribution in [3.05, 3.63) is 24.3 Å². The lowest BCUT2D eigenvalue weighted by Gasteiger charge is -2.15. The number of carboxylic acids is 1. The van der Waals surface area contributed by atoms with Gasteiger partial charge in [-0.25, -0.2) is 4.79 Å². The summed E-state index contributed by atoms with van der Waals surface area (Å²) in [6, 6.07) is 0. The first kappa shape index (κ1) is 19.0. The third-order valence-electron chi connectivity index (χ3n) is 4.78. The van der Waals surface area contributed by atoms with Gasteiger partial charge in [0.2, 0.25) is 0 Å². The van der Waals surface area contributed by atoms with E-state index >= 15 is 0 Å². The van der Waals surface area contributed by atoms with Crippen molar-refractivity contribution in [2.45, 2.75) is 84.0 Å². The SMILES string of the molecule is CCCCCC/C=C/[C@H]1CCC[C@@H]1CCCC/C=C/C(=O)O. The molecule has 0 radical (unpaired) electrons. The second kappa shape index (κ2) is 12.5. The molecule has 22 heavy (non-hydrogen) atoms. The van der Waals surface area contributed by atoms with Crippen LogP contribution in [-0.4, -0.2) is 11.1 Å². The maximum Gasteiger partial charge on any atom is 0.327 e. The molecule has 0 heterocycles. The van der Waals surface area contributed by atoms with Crippen molar-refractivity contribution in [1.29, 1.82) is 0 Å². The Labute approximate surface area is 136 Å². The van der Waals surface area contributed by atoms with E-state index in [9.17, 15) is 4.79 Å². The third-order valence-corrected chi connectivity index (χ3v) is 4.78. The highest BCUT2D eigenvalue weighted by molar-refractivity contribution is 5.79. The maximum atomic E-state index is 10.4. The number of carboxylic acid groups (broad SMARTS) is 1. The van der Waals surface area contributed by atoms with Gasteiger partial charge in [0.05, 0.1) is 0 Å². The summed E-state index contributed by atoms with van der Waals surface area (Å²) in [7, 11) is 0. The lowest BCUT2D eigenvalue weighted by atomic mass is 9.90. The molecule has 1 aliphatic carbocycles. The molecule has 0 saturated heterocycles. The van der Waals surface area contributed by atoms with E-state index < -0.39 is 5.97 Å². The molecule has 2 nitrogen and oxygen atoms in total. The molecule has 1 N–H and O–H groups in total. The van der Waals surface area contributed by atoms with Crippen molar-refractivity contribution < 1.29 is 9.90 Å². The van der Waals surface area contributed by atoms with Crippen LogP contribution in [0.15, 0.2) is 24.3 Å². The van der Waals surface area contributed by atoms with Crippen LogP contribution in [0.4, 0.5) is 0 Å². The topological polar surface area (TPSA) is 37.3 Å². The standard InChI is InChI=1S/C20H34O2/c1-2-3-4-5-6-9-13-18-15-12-16-19(18)14-10-7-8-11-17-20(21)22/h9,11,13,17-19H,2-8,10,12,14-16H2,1H3,(H,21,22)/b13-9+,17-11+/t18-,19-/m0/s1. The van der Waals surface area contributed by atoms with Crippen molar-refractivity contribution >= 4 is 5.97 Å². The van der Waals surface area contributed by atoms with Crippen LogP contribution in [0.5, 0.6) is 0 Å². The second-order valence-electron chi connectivity index (χ2n) is 6.66. The highest BCUT2D eigenvalue weighted by atomic mass is 16.4. The molecule has 0 aromatic carbocycles. The molecule has 2 heteroatoms. The number of allylic oxidation sites excluding steroid dienone is 3. The number of hydrogen-bond donors (Lipinski definition) is 1. The van der Waals surface area contributed by atoms with Crippen molar-refractivity contribution in [3.8, 4) is 0 Å². The summed E-state index contributed by atoms with van der Waals surface area (Å²) in [5.74, 6) is 0.844. The van der Waals surface area contributed by atoms with Crippen molar-refractivity contribution in [2.24, 2.45) is 11.8 Å². The van der Waals surface area contributed by atoms with Crippen LogP contribution in [0.3, 0.4) is 0 Å². The van der Waals surface area contributed by atoms with Gasteiger partial charge in [-0.1, -0.05) is 57.3 Å². The first-order valence-electron chi connectivity index (χ1n) is 9.30. The van der Waals surface area contributed by atoms with Gasteiger partial charge in [0, 0.05) is 6.08 Å². The van der Waals surface area contributed by atoms with Gasteiger partial charge in [-0.2, -0.15) is 0 Å². The number of hydrogen-bond acceptors (Lipinski definition) is 1. The van der Waals surface area contributed by atoms with E-state index in [0.29, 0.717) is 0 Å². The molecule has 1 saturated carbocycles. The molecule has 126 valence electrons. The monoisotopic (exact) mass is 306 g/mol. The molecule has 1 rings (SSSR count). The van der Waals surface area contributed by atoms with Crippen molar-refractivity contribution in [2.75, 3.05) is 0 Å². The largest absolute Gasteiger partial charge is 0.478 e. The molecule has 1 aliphatic rings. The van der Waals surface area contributed by atoms with E-state index in [-0.39, 0.29) is 0 Å². The fourth-order valence-corrected chi connectivity index (χ4v) is 3.49. The van der Waals surface area contributed by atoms with Crippen LogP contribution in [-0.2, 0) is 4.79 Å². The van der Waals surface area contributed by atoms with Gasteiger partial charge in [0.1, 0.15) is 0 Å². The zero-order valence-electron chi connectivity index (χ0n) is 14.3. The Balaban J connectivity index is 2.12. The fourth-order valence-electron chi connectivity index (χ4n) is 3.49. The summed E-state index contributed by atoms with van der Waals surface area (Å²) in [6.07, 6.45) is 23.3. The lowest BCUT2D eigenvalue weighted by molar-refractivity contribution is -0.131. The van der Waals surface area contributed by atoms with Crippen LogP contribution in [0.2, 0.25) is 0 Å². The van der Waals surface area contributed by atoms with Crippen molar-refractivity contribution in [3.63, 3.8) is 0 Å². The Bertz CT molecular complexity index is 344. The third kappa shape index (κ3) is 9.07. The summed E-state index contributed by atoms with van der Waals surface area (Å²) in [5, 5.41) is 8.53. The zero-order valence-corrected chi connectivity index (χ0v) is 14.3. The molecule has 1 fully saturated rings. The molecular formula is C20H34O2. The van der Waals surface area contributed by atoms with E-state index in [2.05, 4.69) is 19.1 Å². The molecule has 0 amide bonds. The molecular weight excluding hydrogens is 272 g/mol. The average Bonchev–Trinajstić information content (AvgIpc) is 2.93. The smallest absolute Gasteiger partial charge is 0.327 e. The Kier molecular flexibility index (Phi) is 10.8. The minimum Gasteiger partial charge on any atom is -0.478 e. The molecule has 0 spiro atoms. The summed E-state index contributed by atoms with van der Waals surface area (Å²) >= 11 is 0. The van der Waals surface area contributed by atoms with Gasteiger partial charge in [0.25, 0.3) is 0 Å². The summed E-state index contributed by atoms with van der Waals surface area (Å²) in [5.41, 5.74) is 0. The molecule has 0 aromatic heterocycles. The number of carbonyl (C=O) groups is 1. The Morgan fingerprint density at radius 3 is 2.59 bits per heavy atom. The molecule has 0 aromatic rings. The lowest BCUT2D eigenvalue weighted by Crippen LogP contribution is -2.05. The molecule has 2 atom stereocenters. The number of unbranched alkanes of at least 4 members (excludes halogenated alkanes) is 6. The first-order chi connectivity index (χ1) is 10.7. The second-order valence-corrected chi connectivity index (χ2v) is 6.66. The van der Waals surface area contributed by atoms with E-state index in [0.717, 1.165) is 24.7 Å². The summed E-state index contributed by atoms with van der Waals surface area (Å²) in [4.78, 5) is 10.4. The summed E-state index contributed by atoms with van der Waals surface area (Å²) < 4.78 is 0. The van der Waals surface area contributed by atoms with Crippen LogP contribution >= 0.6 is 0 Å². The van der Waals surface area contributed by atoms with Crippen LogP contribution < -0.4 is 0 Å². The Morgan fingerprint density at radius 1 is 1.05 bits per heavy atom. The molecule has 0 bridgehead atoms. The van der Waals surface area contributed by atoms with Crippen LogP contribution in [0.1, 0.15) is 84.0 Å². The maximum absolute atomic E-state index is 10.4. The highest BCUT2D eigenvalue weighted by Crippen LogP contribution is 2.36. The minimum atomic E-state index is -0.833. The van der Waals surface area contributed by atoms with Crippen molar-refractivity contribution in [1.82, 2.24) is 0 Å². The normalized spacial score (nSPS) is 22.0. The van der Waals surface area contributed by atoms with E-state index in [4.69, 9.17) is 5.11 Å². The molecule has 0 aliphatic heterocycles. The van der Waals surface area contributed by atoms with Gasteiger partial charge in [-0.05, 0) is 56.8 Å². The number of aliphatic carboxylic acids is 1. The van der Waals surface area contributed by atoms with E-state index in [1.807, 2.05) is 0 Å². The predicted molar refractivity (Wildman–Crippen MR) is 94.0 cm³/mol. The fraction of sp³-hybridized carbons (Fsp3) is 0.750. The van der Waals surface area contributed by atoms with E-state index in [1.54, 1.807) is 6.08 Å². The van der Waals surface area contributed by atoms with Crippen LogP contribution in [0.25, 0.3) is 0 Å². The van der Waals surface area contributed by atoms with E-state index in [1.165, 1.54) is 70.3 Å². The quantitative estimate of drug-likeness (QED) is 0.267. The number of rotatable bonds is 12. The van der Waals surface area contributed by atoms with Gasteiger partial charge in [-0.3, -0.25) is 0 Å². The highest BCUT2D eigenvalue weighted by Gasteiger charge is 2.24. The Morgan fingerprint density at radius 2 is 1.82 bits per heavy atom. The first-order valence-corrected chi connectivity index (χ1v) is 9.30. The van der Waals surface area contributed by atoms with Gasteiger partial charge in [-0.15, -0.1) is 0 Å². The summed E-state index contributed by atoms with van der Waals surface area (Å²) in [6.45, 7) is 2.26. The van der Waals surface area contributed by atoms with Gasteiger partial charge >= 0.3 is 5.97 Å². The zero-order chi connectivity index (χ0) is 16.0. The average molecular weight is 306 g/mol.